The van der Waals surface area contributed by atoms with E-state index in [1.165, 1.54) is 12.1 Å². The normalized spacial score (nSPS) is 26.2. The van der Waals surface area contributed by atoms with Crippen LogP contribution in [0.2, 0.25) is 0 Å². The van der Waals surface area contributed by atoms with Gasteiger partial charge in [-0.15, -0.1) is 0 Å². The fraction of sp³-hybridized carbons (Fsp3) is 0.607. The molecule has 6 nitrogen and oxygen atoms in total. The Balaban J connectivity index is 1.26. The van der Waals surface area contributed by atoms with Crippen molar-refractivity contribution in [2.45, 2.75) is 83.5 Å². The highest BCUT2D eigenvalue weighted by Gasteiger charge is 2.56. The van der Waals surface area contributed by atoms with E-state index in [1.807, 2.05) is 19.1 Å². The Labute approximate surface area is 215 Å². The van der Waals surface area contributed by atoms with Gasteiger partial charge in [-0.05, 0) is 50.2 Å². The second-order valence-electron chi connectivity index (χ2n) is 11.0. The third kappa shape index (κ3) is 5.33. The highest BCUT2D eigenvalue weighted by atomic mass is 19.4. The number of alkyl halides is 3. The van der Waals surface area contributed by atoms with Crippen molar-refractivity contribution in [2.24, 2.45) is 17.3 Å². The number of esters is 1. The lowest BCUT2D eigenvalue weighted by atomic mass is 9.57. The first-order chi connectivity index (χ1) is 17.7. The lowest BCUT2D eigenvalue weighted by Gasteiger charge is -2.58. The summed E-state index contributed by atoms with van der Waals surface area (Å²) in [6, 6.07) is 2.87. The minimum absolute atomic E-state index is 0.0581. The van der Waals surface area contributed by atoms with E-state index in [2.05, 4.69) is 22.4 Å². The Morgan fingerprint density at radius 2 is 2.11 bits per heavy atom. The summed E-state index contributed by atoms with van der Waals surface area (Å²) in [6.45, 7) is 4.87. The maximum absolute atomic E-state index is 13.6. The summed E-state index contributed by atoms with van der Waals surface area (Å²) >= 11 is 0. The van der Waals surface area contributed by atoms with Gasteiger partial charge in [0.05, 0.1) is 5.92 Å². The van der Waals surface area contributed by atoms with Crippen LogP contribution in [-0.4, -0.2) is 28.9 Å². The zero-order chi connectivity index (χ0) is 26.2. The number of nitrogens with zero attached hydrogens (tertiary/aromatic N) is 2. The van der Waals surface area contributed by atoms with Gasteiger partial charge in [0.15, 0.2) is 11.9 Å². The van der Waals surface area contributed by atoms with Gasteiger partial charge in [-0.1, -0.05) is 50.4 Å². The molecule has 0 aromatic carbocycles. The minimum Gasteiger partial charge on any atom is -0.446 e. The van der Waals surface area contributed by atoms with Crippen LogP contribution in [0.15, 0.2) is 28.9 Å². The molecule has 1 N–H and O–H groups in total. The highest BCUT2D eigenvalue weighted by Crippen LogP contribution is 2.53. The Morgan fingerprint density at radius 1 is 1.32 bits per heavy atom. The Kier molecular flexibility index (Phi) is 7.18. The molecule has 2 aromatic heterocycles. The number of aromatic nitrogens is 2. The standard InChI is InChI=1S/C28H34F3N3O3/c1-3-4-5-7-17(2)25(35)36-26-27(16-33-26)14-18(15-27)9-12-20-22(34-37-23(20)19-10-11-19)21-8-6-13-32-24(21)28(29,30)31/h6,8-9,12-13,17-19,26,33H,3-5,7,10-11,14-16H2,1-2H3/b12-9+. The molecule has 3 aliphatic rings. The van der Waals surface area contributed by atoms with Crippen LogP contribution in [0.1, 0.15) is 88.1 Å². The largest absolute Gasteiger partial charge is 0.446 e. The number of ether oxygens (including phenoxy) is 1. The van der Waals surface area contributed by atoms with Gasteiger partial charge >= 0.3 is 12.1 Å². The van der Waals surface area contributed by atoms with Gasteiger partial charge in [-0.2, -0.15) is 13.2 Å². The minimum atomic E-state index is -4.59. The van der Waals surface area contributed by atoms with E-state index in [4.69, 9.17) is 9.26 Å². The van der Waals surface area contributed by atoms with E-state index < -0.39 is 11.9 Å². The maximum atomic E-state index is 13.6. The first-order valence-electron chi connectivity index (χ1n) is 13.4. The predicted octanol–water partition coefficient (Wildman–Crippen LogP) is 6.73. The molecular weight excluding hydrogens is 483 g/mol. The molecule has 0 bridgehead atoms. The Hall–Kier alpha value is -2.68. The molecule has 0 amide bonds. The van der Waals surface area contributed by atoms with Gasteiger partial charge in [-0.25, -0.2) is 0 Å². The summed E-state index contributed by atoms with van der Waals surface area (Å²) in [7, 11) is 0. The molecule has 2 atom stereocenters. The monoisotopic (exact) mass is 517 g/mol. The average molecular weight is 518 g/mol. The number of carbonyl (C=O) groups is 1. The van der Waals surface area contributed by atoms with E-state index in [-0.39, 0.29) is 46.6 Å². The third-order valence-electron chi connectivity index (χ3n) is 7.98. The lowest BCUT2D eigenvalue weighted by Crippen LogP contribution is -2.69. The molecule has 1 aliphatic heterocycles. The van der Waals surface area contributed by atoms with E-state index in [9.17, 15) is 18.0 Å². The molecule has 2 aliphatic carbocycles. The molecule has 5 rings (SSSR count). The number of allylic oxidation sites excluding steroid dienone is 1. The van der Waals surface area contributed by atoms with Crippen LogP contribution in [0.4, 0.5) is 13.2 Å². The van der Waals surface area contributed by atoms with Crippen molar-refractivity contribution in [1.29, 1.82) is 0 Å². The van der Waals surface area contributed by atoms with Gasteiger partial charge in [0.2, 0.25) is 0 Å². The van der Waals surface area contributed by atoms with Crippen molar-refractivity contribution in [1.82, 2.24) is 15.5 Å². The Bertz CT molecular complexity index is 1150. The number of carbonyl (C=O) groups excluding carboxylic acids is 1. The zero-order valence-corrected chi connectivity index (χ0v) is 21.3. The third-order valence-corrected chi connectivity index (χ3v) is 7.98. The van der Waals surface area contributed by atoms with Crippen LogP contribution < -0.4 is 5.32 Å². The maximum Gasteiger partial charge on any atom is 0.434 e. The van der Waals surface area contributed by atoms with Gasteiger partial charge < -0.3 is 9.26 Å². The average Bonchev–Trinajstić information content (AvgIpc) is 3.59. The summed E-state index contributed by atoms with van der Waals surface area (Å²) in [5.74, 6) is 0.830. The molecule has 9 heteroatoms. The number of hydrogen-bond acceptors (Lipinski definition) is 6. The second-order valence-corrected chi connectivity index (χ2v) is 11.0. The van der Waals surface area contributed by atoms with Crippen LogP contribution >= 0.6 is 0 Å². The fourth-order valence-corrected chi connectivity index (χ4v) is 5.53. The smallest absolute Gasteiger partial charge is 0.434 e. The molecule has 3 heterocycles. The first kappa shape index (κ1) is 25.9. The van der Waals surface area contributed by atoms with Crippen LogP contribution in [0, 0.1) is 17.3 Å². The SMILES string of the molecule is CCCCCC(C)C(=O)OC1NCC12CC(/C=C/c1c(-c3cccnc3C(F)(F)F)noc1C1CC1)C2. The first-order valence-corrected chi connectivity index (χ1v) is 13.4. The summed E-state index contributed by atoms with van der Waals surface area (Å²) in [6.07, 6.45) is 7.90. The van der Waals surface area contributed by atoms with Gasteiger partial charge in [-0.3, -0.25) is 15.1 Å². The van der Waals surface area contributed by atoms with Crippen LogP contribution in [-0.2, 0) is 15.7 Å². The molecule has 2 aromatic rings. The number of rotatable bonds is 10. The van der Waals surface area contributed by atoms with Crippen LogP contribution in [0.5, 0.6) is 0 Å². The van der Waals surface area contributed by atoms with Crippen molar-refractivity contribution < 1.29 is 27.2 Å². The Morgan fingerprint density at radius 3 is 2.76 bits per heavy atom. The van der Waals surface area contributed by atoms with E-state index in [1.54, 1.807) is 0 Å². The summed E-state index contributed by atoms with van der Waals surface area (Å²) < 4.78 is 52.2. The van der Waals surface area contributed by atoms with Crippen molar-refractivity contribution in [2.75, 3.05) is 6.54 Å². The van der Waals surface area contributed by atoms with Crippen molar-refractivity contribution in [3.8, 4) is 11.3 Å². The van der Waals surface area contributed by atoms with Crippen LogP contribution in [0.3, 0.4) is 0 Å². The van der Waals surface area contributed by atoms with Crippen molar-refractivity contribution in [3.63, 3.8) is 0 Å². The highest BCUT2D eigenvalue weighted by molar-refractivity contribution is 5.75. The van der Waals surface area contributed by atoms with Crippen molar-refractivity contribution in [3.05, 3.63) is 41.4 Å². The lowest BCUT2D eigenvalue weighted by molar-refractivity contribution is -0.194. The molecule has 200 valence electrons. The summed E-state index contributed by atoms with van der Waals surface area (Å²) in [5, 5.41) is 7.31. The van der Waals surface area contributed by atoms with Crippen LogP contribution in [0.25, 0.3) is 17.3 Å². The fourth-order valence-electron chi connectivity index (χ4n) is 5.53. The van der Waals surface area contributed by atoms with Gasteiger partial charge in [0.1, 0.15) is 11.5 Å². The molecule has 37 heavy (non-hydrogen) atoms. The molecule has 2 unspecified atom stereocenters. The molecule has 1 spiro atoms. The van der Waals surface area contributed by atoms with Gasteiger partial charge in [0, 0.05) is 35.2 Å². The molecular formula is C28H34F3N3O3. The molecule has 1 saturated heterocycles. The summed E-state index contributed by atoms with van der Waals surface area (Å²) in [5.41, 5.74) is -0.299. The number of halogens is 3. The van der Waals surface area contributed by atoms with E-state index >= 15 is 0 Å². The van der Waals surface area contributed by atoms with Gasteiger partial charge in [0.25, 0.3) is 0 Å². The zero-order valence-electron chi connectivity index (χ0n) is 21.3. The quantitative estimate of drug-likeness (QED) is 0.278. The number of pyridine rings is 1. The number of hydrogen-bond donors (Lipinski definition) is 1. The van der Waals surface area contributed by atoms with E-state index in [0.29, 0.717) is 11.3 Å². The summed E-state index contributed by atoms with van der Waals surface area (Å²) in [4.78, 5) is 16.1. The van der Waals surface area contributed by atoms with E-state index in [0.717, 1.165) is 64.1 Å². The second kappa shape index (κ2) is 10.2. The molecule has 0 radical (unpaired) electrons. The predicted molar refractivity (Wildman–Crippen MR) is 132 cm³/mol. The topological polar surface area (TPSA) is 77.2 Å². The van der Waals surface area contributed by atoms with Crippen molar-refractivity contribution >= 4 is 12.0 Å². The number of unbranched alkanes of at least 4 members (excludes halogenated alkanes) is 2. The number of nitrogens with one attached hydrogen (secondary N) is 1. The molecule has 2 saturated carbocycles. The molecule has 3 fully saturated rings.